The molecule has 7 nitrogen and oxygen atoms in total. The van der Waals surface area contributed by atoms with E-state index >= 15 is 0 Å². The summed E-state index contributed by atoms with van der Waals surface area (Å²) >= 11 is 1.49. The molecular weight excluding hydrogens is 372 g/mol. The third-order valence-corrected chi connectivity index (χ3v) is 6.10. The van der Waals surface area contributed by atoms with Crippen molar-refractivity contribution in [2.24, 2.45) is 0 Å². The first-order chi connectivity index (χ1) is 13.8. The second-order valence-corrected chi connectivity index (χ2v) is 7.95. The summed E-state index contributed by atoms with van der Waals surface area (Å²) in [6.45, 7) is 4.51. The van der Waals surface area contributed by atoms with Crippen molar-refractivity contribution in [3.63, 3.8) is 0 Å². The number of benzene rings is 1. The van der Waals surface area contributed by atoms with E-state index in [0.717, 1.165) is 53.8 Å². The number of carbonyl (C=O) groups is 1. The maximum Gasteiger partial charge on any atom is 0.230 e. The van der Waals surface area contributed by atoms with Gasteiger partial charge in [-0.3, -0.25) is 4.79 Å². The Morgan fingerprint density at radius 1 is 1.21 bits per heavy atom. The zero-order valence-electron chi connectivity index (χ0n) is 16.2. The van der Waals surface area contributed by atoms with Crippen molar-refractivity contribution in [2.45, 2.75) is 57.3 Å². The molecule has 3 aromatic rings. The Balaban J connectivity index is 1.29. The molecule has 3 heterocycles. The van der Waals surface area contributed by atoms with E-state index in [-0.39, 0.29) is 5.91 Å². The summed E-state index contributed by atoms with van der Waals surface area (Å²) in [6.07, 6.45) is 5.35. The number of hydrogen-bond donors (Lipinski definition) is 1. The number of hydrogen-bond acceptors (Lipinski definition) is 5. The van der Waals surface area contributed by atoms with Gasteiger partial charge in [0.2, 0.25) is 5.91 Å². The Bertz CT molecular complexity index is 963. The molecule has 1 aliphatic rings. The predicted octanol–water partition coefficient (Wildman–Crippen LogP) is 2.83. The molecule has 0 aliphatic carbocycles. The van der Waals surface area contributed by atoms with Crippen LogP contribution in [0.2, 0.25) is 0 Å². The average Bonchev–Trinajstić information content (AvgIpc) is 3.18. The van der Waals surface area contributed by atoms with Gasteiger partial charge in [0, 0.05) is 32.5 Å². The van der Waals surface area contributed by atoms with Crippen LogP contribution >= 0.6 is 11.8 Å². The van der Waals surface area contributed by atoms with Gasteiger partial charge in [0.05, 0.1) is 16.8 Å². The van der Waals surface area contributed by atoms with Crippen molar-refractivity contribution in [2.75, 3.05) is 12.3 Å². The first kappa shape index (κ1) is 19.0. The molecule has 0 saturated carbocycles. The molecule has 1 aromatic carbocycles. The first-order valence-electron chi connectivity index (χ1n) is 10.0. The third-order valence-electron chi connectivity index (χ3n) is 5.13. The lowest BCUT2D eigenvalue weighted by Gasteiger charge is -2.08. The summed E-state index contributed by atoms with van der Waals surface area (Å²) in [4.78, 5) is 16.9. The van der Waals surface area contributed by atoms with Crippen molar-refractivity contribution < 1.29 is 4.79 Å². The average molecular weight is 399 g/mol. The molecule has 148 valence electrons. The van der Waals surface area contributed by atoms with Gasteiger partial charge in [-0.25, -0.2) is 4.98 Å². The lowest BCUT2D eigenvalue weighted by atomic mass is 10.2. The molecule has 0 spiro atoms. The number of nitrogens with zero attached hydrogens (tertiary/aromatic N) is 5. The summed E-state index contributed by atoms with van der Waals surface area (Å²) in [5.41, 5.74) is 2.08. The van der Waals surface area contributed by atoms with Crippen LogP contribution in [0.4, 0.5) is 0 Å². The lowest BCUT2D eigenvalue weighted by molar-refractivity contribution is -0.118. The van der Waals surface area contributed by atoms with Crippen LogP contribution in [0.5, 0.6) is 0 Å². The van der Waals surface area contributed by atoms with E-state index in [1.165, 1.54) is 31.0 Å². The van der Waals surface area contributed by atoms with Crippen LogP contribution in [-0.4, -0.2) is 42.5 Å². The molecule has 0 bridgehead atoms. The molecule has 4 rings (SSSR count). The number of para-hydroxylation sites is 2. The molecule has 28 heavy (non-hydrogen) atoms. The smallest absolute Gasteiger partial charge is 0.230 e. The second-order valence-electron chi connectivity index (χ2n) is 7.01. The fourth-order valence-corrected chi connectivity index (χ4v) is 4.60. The van der Waals surface area contributed by atoms with Gasteiger partial charge < -0.3 is 14.5 Å². The minimum Gasteiger partial charge on any atom is -0.355 e. The quantitative estimate of drug-likeness (QED) is 0.619. The summed E-state index contributed by atoms with van der Waals surface area (Å²) in [5.74, 6) is 2.46. The fraction of sp³-hybridized carbons (Fsp3) is 0.500. The Morgan fingerprint density at radius 3 is 3.00 bits per heavy atom. The second kappa shape index (κ2) is 8.77. The highest BCUT2D eigenvalue weighted by Gasteiger charge is 2.15. The Kier molecular flexibility index (Phi) is 5.95. The lowest BCUT2D eigenvalue weighted by Crippen LogP contribution is -2.28. The number of thioether (sulfide) groups is 1. The van der Waals surface area contributed by atoms with Crippen molar-refractivity contribution in [1.29, 1.82) is 0 Å². The van der Waals surface area contributed by atoms with E-state index < -0.39 is 0 Å². The van der Waals surface area contributed by atoms with Gasteiger partial charge in [-0.1, -0.05) is 30.3 Å². The van der Waals surface area contributed by atoms with Crippen molar-refractivity contribution in [3.8, 4) is 0 Å². The van der Waals surface area contributed by atoms with E-state index in [4.69, 9.17) is 0 Å². The molecule has 0 atom stereocenters. The number of carbonyl (C=O) groups excluding carboxylic acids is 1. The SMILES string of the molecule is CCn1c(SCC(=O)NCCc2nnc3n2CCCCC3)nc2ccccc21. The topological polar surface area (TPSA) is 77.6 Å². The highest BCUT2D eigenvalue weighted by Crippen LogP contribution is 2.23. The van der Waals surface area contributed by atoms with Gasteiger partial charge in [0.25, 0.3) is 0 Å². The summed E-state index contributed by atoms with van der Waals surface area (Å²) in [6, 6.07) is 8.08. The molecule has 8 heteroatoms. The Morgan fingerprint density at radius 2 is 2.11 bits per heavy atom. The summed E-state index contributed by atoms with van der Waals surface area (Å²) in [7, 11) is 0. The van der Waals surface area contributed by atoms with E-state index in [1.54, 1.807) is 0 Å². The fourth-order valence-electron chi connectivity index (χ4n) is 3.69. The van der Waals surface area contributed by atoms with Crippen LogP contribution in [0.15, 0.2) is 29.4 Å². The number of imidazole rings is 1. The maximum absolute atomic E-state index is 12.3. The molecule has 1 aliphatic heterocycles. The Labute approximate surface area is 168 Å². The molecular formula is C20H26N6OS. The highest BCUT2D eigenvalue weighted by molar-refractivity contribution is 7.99. The van der Waals surface area contributed by atoms with Gasteiger partial charge in [-0.2, -0.15) is 0 Å². The molecule has 0 fully saturated rings. The summed E-state index contributed by atoms with van der Waals surface area (Å²) < 4.78 is 4.39. The van der Waals surface area contributed by atoms with Crippen molar-refractivity contribution in [1.82, 2.24) is 29.6 Å². The van der Waals surface area contributed by atoms with Gasteiger partial charge >= 0.3 is 0 Å². The van der Waals surface area contributed by atoms with Crippen molar-refractivity contribution in [3.05, 3.63) is 35.9 Å². The number of rotatable bonds is 7. The van der Waals surface area contributed by atoms with E-state index in [0.29, 0.717) is 12.3 Å². The molecule has 1 amide bonds. The molecule has 1 N–H and O–H groups in total. The van der Waals surface area contributed by atoms with E-state index in [1.807, 2.05) is 18.2 Å². The van der Waals surface area contributed by atoms with Crippen LogP contribution in [0.1, 0.15) is 37.8 Å². The van der Waals surface area contributed by atoms with E-state index in [9.17, 15) is 4.79 Å². The van der Waals surface area contributed by atoms with Crippen LogP contribution < -0.4 is 5.32 Å². The molecule has 0 unspecified atom stereocenters. The van der Waals surface area contributed by atoms with Crippen LogP contribution in [-0.2, 0) is 30.7 Å². The number of amides is 1. The maximum atomic E-state index is 12.3. The number of aromatic nitrogens is 5. The van der Waals surface area contributed by atoms with Crippen LogP contribution in [0.25, 0.3) is 11.0 Å². The highest BCUT2D eigenvalue weighted by atomic mass is 32.2. The molecule has 2 aromatic heterocycles. The van der Waals surface area contributed by atoms with E-state index in [2.05, 4.69) is 42.6 Å². The largest absolute Gasteiger partial charge is 0.355 e. The zero-order chi connectivity index (χ0) is 19.3. The zero-order valence-corrected chi connectivity index (χ0v) is 17.0. The van der Waals surface area contributed by atoms with Crippen LogP contribution in [0.3, 0.4) is 0 Å². The number of fused-ring (bicyclic) bond motifs is 2. The standard InChI is InChI=1S/C20H26N6OS/c1-2-25-16-9-6-5-8-15(16)22-20(25)28-14-19(27)21-12-11-18-24-23-17-10-4-3-7-13-26(17)18/h5-6,8-9H,2-4,7,10-14H2,1H3,(H,21,27). The molecule has 0 saturated heterocycles. The minimum absolute atomic E-state index is 0.0234. The third kappa shape index (κ3) is 4.06. The first-order valence-corrected chi connectivity index (χ1v) is 11.0. The Hall–Kier alpha value is -2.35. The predicted molar refractivity (Wildman–Crippen MR) is 110 cm³/mol. The van der Waals surface area contributed by atoms with Gasteiger partial charge in [0.15, 0.2) is 5.16 Å². The number of aryl methyl sites for hydroxylation is 2. The van der Waals surface area contributed by atoms with Gasteiger partial charge in [-0.15, -0.1) is 10.2 Å². The van der Waals surface area contributed by atoms with Gasteiger partial charge in [0.1, 0.15) is 11.6 Å². The van der Waals surface area contributed by atoms with Crippen molar-refractivity contribution >= 4 is 28.7 Å². The summed E-state index contributed by atoms with van der Waals surface area (Å²) in [5, 5.41) is 12.5. The normalized spacial score (nSPS) is 14.0. The molecule has 0 radical (unpaired) electrons. The monoisotopic (exact) mass is 398 g/mol. The minimum atomic E-state index is 0.0234. The van der Waals surface area contributed by atoms with Gasteiger partial charge in [-0.05, 0) is 31.9 Å². The van der Waals surface area contributed by atoms with Crippen LogP contribution in [0, 0.1) is 0 Å². The number of nitrogens with one attached hydrogen (secondary N) is 1.